The summed E-state index contributed by atoms with van der Waals surface area (Å²) in [7, 11) is 0. The topological polar surface area (TPSA) is 98.1 Å². The Kier molecular flexibility index (Phi) is 4.10. The minimum Gasteiger partial charge on any atom is -0.450 e. The van der Waals surface area contributed by atoms with Crippen molar-refractivity contribution in [1.29, 1.82) is 5.26 Å². The summed E-state index contributed by atoms with van der Waals surface area (Å²) in [6.07, 6.45) is -0.0437. The molecule has 8 heteroatoms. The molecule has 0 saturated heterocycles. The van der Waals surface area contributed by atoms with Gasteiger partial charge in [0, 0.05) is 0 Å². The third-order valence-electron chi connectivity index (χ3n) is 2.16. The van der Waals surface area contributed by atoms with E-state index >= 15 is 0 Å². The molecule has 7 nitrogen and oxygen atoms in total. The van der Waals surface area contributed by atoms with Gasteiger partial charge in [-0.3, -0.25) is 4.79 Å². The zero-order chi connectivity index (χ0) is 13.7. The molecule has 0 unspecified atom stereocenters. The van der Waals surface area contributed by atoms with Crippen LogP contribution in [0.15, 0.2) is 26.7 Å². The summed E-state index contributed by atoms with van der Waals surface area (Å²) < 4.78 is 10.6. The maximum Gasteiger partial charge on any atom is 0.437 e. The zero-order valence-electron chi connectivity index (χ0n) is 9.74. The van der Waals surface area contributed by atoms with Gasteiger partial charge in [0.05, 0.1) is 17.8 Å². The van der Waals surface area contributed by atoms with E-state index in [1.165, 1.54) is 11.3 Å². The van der Waals surface area contributed by atoms with Gasteiger partial charge >= 0.3 is 11.7 Å². The SMILES string of the molecule is N#CCOC(=O)CCn1nc(-c2cccs2)oc1=O. The molecule has 2 aromatic heterocycles. The third-order valence-corrected chi connectivity index (χ3v) is 3.02. The van der Waals surface area contributed by atoms with Crippen LogP contribution in [-0.2, 0) is 16.1 Å². The second-order valence-corrected chi connectivity index (χ2v) is 4.39. The first kappa shape index (κ1) is 13.0. The number of nitrogens with zero attached hydrogens (tertiary/aromatic N) is 3. The van der Waals surface area contributed by atoms with E-state index in [9.17, 15) is 9.59 Å². The van der Waals surface area contributed by atoms with Crippen LogP contribution in [0.4, 0.5) is 0 Å². The second-order valence-electron chi connectivity index (χ2n) is 3.44. The maximum atomic E-state index is 11.5. The van der Waals surface area contributed by atoms with Crippen LogP contribution in [0.5, 0.6) is 0 Å². The minimum atomic E-state index is -0.628. The van der Waals surface area contributed by atoms with Crippen LogP contribution in [0.25, 0.3) is 10.8 Å². The molecular weight excluding hydrogens is 270 g/mol. The Labute approximate surface area is 111 Å². The molecule has 0 aliphatic heterocycles. The van der Waals surface area contributed by atoms with Gasteiger partial charge in [-0.1, -0.05) is 6.07 Å². The van der Waals surface area contributed by atoms with E-state index in [2.05, 4.69) is 9.84 Å². The molecule has 0 aromatic carbocycles. The normalized spacial score (nSPS) is 10.1. The maximum absolute atomic E-state index is 11.5. The molecule has 0 saturated carbocycles. The second kappa shape index (κ2) is 5.97. The van der Waals surface area contributed by atoms with Crippen LogP contribution in [0, 0.1) is 11.3 Å². The Bertz CT molecular complexity index is 650. The van der Waals surface area contributed by atoms with E-state index in [0.29, 0.717) is 0 Å². The molecule has 2 aromatic rings. The highest BCUT2D eigenvalue weighted by atomic mass is 32.1. The number of carbonyl (C=O) groups is 1. The smallest absolute Gasteiger partial charge is 0.437 e. The predicted octanol–water partition coefficient (Wildman–Crippen LogP) is 1.02. The lowest BCUT2D eigenvalue weighted by Gasteiger charge is -1.98. The number of hydrogen-bond donors (Lipinski definition) is 0. The first-order chi connectivity index (χ1) is 9.20. The van der Waals surface area contributed by atoms with Gasteiger partial charge in [-0.25, -0.2) is 4.79 Å². The summed E-state index contributed by atoms with van der Waals surface area (Å²) in [5, 5.41) is 14.1. The zero-order valence-corrected chi connectivity index (χ0v) is 10.6. The highest BCUT2D eigenvalue weighted by Gasteiger charge is 2.12. The van der Waals surface area contributed by atoms with Gasteiger partial charge in [0.2, 0.25) is 0 Å². The van der Waals surface area contributed by atoms with Gasteiger partial charge in [0.15, 0.2) is 6.61 Å². The Morgan fingerprint density at radius 3 is 3.16 bits per heavy atom. The van der Waals surface area contributed by atoms with Crippen LogP contribution < -0.4 is 5.76 Å². The van der Waals surface area contributed by atoms with Gasteiger partial charge < -0.3 is 9.15 Å². The number of aryl methyl sites for hydroxylation is 1. The summed E-state index contributed by atoms with van der Waals surface area (Å²) >= 11 is 1.40. The summed E-state index contributed by atoms with van der Waals surface area (Å²) in [5.74, 6) is -0.962. The molecule has 0 aliphatic carbocycles. The van der Waals surface area contributed by atoms with E-state index < -0.39 is 11.7 Å². The van der Waals surface area contributed by atoms with Crippen LogP contribution >= 0.6 is 11.3 Å². The van der Waals surface area contributed by atoms with Gasteiger partial charge in [0.25, 0.3) is 5.89 Å². The van der Waals surface area contributed by atoms with Crippen LogP contribution in [0.3, 0.4) is 0 Å². The van der Waals surface area contributed by atoms with E-state index in [1.807, 2.05) is 11.4 Å². The van der Waals surface area contributed by atoms with E-state index in [0.717, 1.165) is 9.56 Å². The Balaban J connectivity index is 2.00. The molecule has 0 bridgehead atoms. The van der Waals surface area contributed by atoms with Gasteiger partial charge in [-0.05, 0) is 11.4 Å². The third kappa shape index (κ3) is 3.29. The Hall–Kier alpha value is -2.40. The fourth-order valence-electron chi connectivity index (χ4n) is 1.33. The quantitative estimate of drug-likeness (QED) is 0.758. The van der Waals surface area contributed by atoms with E-state index in [1.54, 1.807) is 12.1 Å². The van der Waals surface area contributed by atoms with Crippen molar-refractivity contribution >= 4 is 17.3 Å². The van der Waals surface area contributed by atoms with Gasteiger partial charge in [-0.2, -0.15) is 9.94 Å². The number of aromatic nitrogens is 2. The molecule has 2 heterocycles. The van der Waals surface area contributed by atoms with E-state index in [-0.39, 0.29) is 25.5 Å². The number of ether oxygens (including phenoxy) is 1. The number of nitriles is 1. The predicted molar refractivity (Wildman–Crippen MR) is 65.3 cm³/mol. The lowest BCUT2D eigenvalue weighted by Crippen LogP contribution is -2.19. The average Bonchev–Trinajstić information content (AvgIpc) is 3.03. The molecule has 0 spiro atoms. The lowest BCUT2D eigenvalue weighted by atomic mass is 10.4. The minimum absolute atomic E-state index is 0.0437. The highest BCUT2D eigenvalue weighted by Crippen LogP contribution is 2.20. The number of hydrogen-bond acceptors (Lipinski definition) is 7. The van der Waals surface area contributed by atoms with Crippen molar-refractivity contribution in [3.8, 4) is 16.8 Å². The Morgan fingerprint density at radius 2 is 2.47 bits per heavy atom. The van der Waals surface area contributed by atoms with Gasteiger partial charge in [-0.15, -0.1) is 16.4 Å². The van der Waals surface area contributed by atoms with Crippen molar-refractivity contribution in [2.45, 2.75) is 13.0 Å². The van der Waals surface area contributed by atoms with Crippen LogP contribution in [-0.4, -0.2) is 22.4 Å². The number of esters is 1. The lowest BCUT2D eigenvalue weighted by molar-refractivity contribution is -0.142. The van der Waals surface area contributed by atoms with E-state index in [4.69, 9.17) is 9.68 Å². The largest absolute Gasteiger partial charge is 0.450 e. The molecular formula is C11H9N3O4S. The Morgan fingerprint density at radius 1 is 1.63 bits per heavy atom. The molecule has 0 amide bonds. The van der Waals surface area contributed by atoms with Crippen LogP contribution in [0.1, 0.15) is 6.42 Å². The van der Waals surface area contributed by atoms with Gasteiger partial charge in [0.1, 0.15) is 6.07 Å². The van der Waals surface area contributed by atoms with Crippen molar-refractivity contribution in [2.24, 2.45) is 0 Å². The average molecular weight is 279 g/mol. The first-order valence-electron chi connectivity index (χ1n) is 5.35. The molecule has 0 radical (unpaired) electrons. The molecule has 0 atom stereocenters. The molecule has 0 aliphatic rings. The van der Waals surface area contributed by atoms with Crippen molar-refractivity contribution in [2.75, 3.05) is 6.61 Å². The summed E-state index contributed by atoms with van der Waals surface area (Å²) in [6, 6.07) is 5.28. The van der Waals surface area contributed by atoms with Crippen LogP contribution in [0.2, 0.25) is 0 Å². The van der Waals surface area contributed by atoms with Crippen molar-refractivity contribution < 1.29 is 13.9 Å². The first-order valence-corrected chi connectivity index (χ1v) is 6.23. The summed E-state index contributed by atoms with van der Waals surface area (Å²) in [4.78, 5) is 23.4. The molecule has 0 fully saturated rings. The van der Waals surface area contributed by atoms with Crippen molar-refractivity contribution in [3.63, 3.8) is 0 Å². The highest BCUT2D eigenvalue weighted by molar-refractivity contribution is 7.13. The number of carbonyl (C=O) groups excluding carboxylic acids is 1. The van der Waals surface area contributed by atoms with Crippen molar-refractivity contribution in [1.82, 2.24) is 9.78 Å². The van der Waals surface area contributed by atoms with Crippen molar-refractivity contribution in [3.05, 3.63) is 28.1 Å². The molecule has 0 N–H and O–H groups in total. The molecule has 98 valence electrons. The fourth-order valence-corrected chi connectivity index (χ4v) is 1.97. The monoisotopic (exact) mass is 279 g/mol. The number of rotatable bonds is 5. The number of thiophene rings is 1. The fraction of sp³-hybridized carbons (Fsp3) is 0.273. The standard InChI is InChI=1S/C11H9N3O4S/c12-4-6-17-9(15)3-5-14-11(16)18-10(13-14)8-2-1-7-19-8/h1-2,7H,3,5-6H2. The molecule has 2 rings (SSSR count). The molecule has 19 heavy (non-hydrogen) atoms. The summed E-state index contributed by atoms with van der Waals surface area (Å²) in [6.45, 7) is -0.245. The summed E-state index contributed by atoms with van der Waals surface area (Å²) in [5.41, 5.74) is 0.